The van der Waals surface area contributed by atoms with Gasteiger partial charge in [-0.2, -0.15) is 0 Å². The van der Waals surface area contributed by atoms with Gasteiger partial charge in [0.15, 0.2) is 0 Å². The number of rotatable bonds is 3. The average Bonchev–Trinajstić information content (AvgIpc) is 3.03. The molecule has 0 atom stereocenters. The highest BCUT2D eigenvalue weighted by atomic mass is 35.5. The normalized spacial score (nSPS) is 13.8. The van der Waals surface area contributed by atoms with Gasteiger partial charge >= 0.3 is 6.03 Å². The van der Waals surface area contributed by atoms with Crippen molar-refractivity contribution in [3.05, 3.63) is 31.4 Å². The summed E-state index contributed by atoms with van der Waals surface area (Å²) in [5.74, 6) is 0. The molecule has 0 bridgehead atoms. The maximum absolute atomic E-state index is 11.8. The van der Waals surface area contributed by atoms with Crippen molar-refractivity contribution >= 4 is 46.0 Å². The molecule has 0 saturated heterocycles. The van der Waals surface area contributed by atoms with E-state index < -0.39 is 0 Å². The molecular formula is C12H12ClN3O2S2. The minimum atomic E-state index is -0.283. The number of nitrogens with one attached hydrogen (secondary N) is 2. The van der Waals surface area contributed by atoms with Gasteiger partial charge in [0.2, 0.25) is 0 Å². The van der Waals surface area contributed by atoms with Crippen molar-refractivity contribution in [2.75, 3.05) is 11.9 Å². The molecule has 1 aliphatic heterocycles. The summed E-state index contributed by atoms with van der Waals surface area (Å²) in [4.78, 5) is 17.4. The van der Waals surface area contributed by atoms with Crippen LogP contribution in [-0.4, -0.2) is 17.6 Å². The molecule has 2 aromatic rings. The Hall–Kier alpha value is -1.15. The lowest BCUT2D eigenvalue weighted by Gasteiger charge is -2.08. The van der Waals surface area contributed by atoms with E-state index in [0.717, 1.165) is 28.6 Å². The largest absolute Gasteiger partial charge is 0.375 e. The smallest absolute Gasteiger partial charge is 0.319 e. The molecule has 2 N–H and O–H groups in total. The number of halogens is 1. The molecular weight excluding hydrogens is 318 g/mol. The van der Waals surface area contributed by atoms with Crippen molar-refractivity contribution in [2.24, 2.45) is 0 Å². The molecule has 0 spiro atoms. The van der Waals surface area contributed by atoms with Gasteiger partial charge in [-0.1, -0.05) is 11.6 Å². The minimum Gasteiger partial charge on any atom is -0.375 e. The van der Waals surface area contributed by atoms with Crippen molar-refractivity contribution in [1.29, 1.82) is 0 Å². The van der Waals surface area contributed by atoms with E-state index >= 15 is 0 Å². The standard InChI is InChI=1S/C12H12ClN3O2S2/c13-7-5-19-6-9(7)16-12(17)14-3-11-15-8-1-2-18-4-10(8)20-11/h5-6H,1-4H2,(H2,14,16,17). The summed E-state index contributed by atoms with van der Waals surface area (Å²) < 4.78 is 5.38. The molecule has 20 heavy (non-hydrogen) atoms. The zero-order chi connectivity index (χ0) is 13.9. The fraction of sp³-hybridized carbons (Fsp3) is 0.333. The molecule has 2 aromatic heterocycles. The number of anilines is 1. The number of aromatic nitrogens is 1. The maximum Gasteiger partial charge on any atom is 0.319 e. The van der Waals surface area contributed by atoms with Crippen LogP contribution in [0.15, 0.2) is 10.8 Å². The van der Waals surface area contributed by atoms with Crippen molar-refractivity contribution < 1.29 is 9.53 Å². The number of thiazole rings is 1. The number of carbonyl (C=O) groups excluding carboxylic acids is 1. The molecule has 0 radical (unpaired) electrons. The second-order valence-corrected chi connectivity index (χ2v) is 6.54. The van der Waals surface area contributed by atoms with Crippen LogP contribution >= 0.6 is 34.3 Å². The van der Waals surface area contributed by atoms with Crippen LogP contribution in [0.25, 0.3) is 0 Å². The summed E-state index contributed by atoms with van der Waals surface area (Å²) in [6.45, 7) is 1.76. The van der Waals surface area contributed by atoms with Gasteiger partial charge < -0.3 is 15.4 Å². The lowest BCUT2D eigenvalue weighted by atomic mass is 10.2. The summed E-state index contributed by atoms with van der Waals surface area (Å²) in [6.07, 6.45) is 0.850. The van der Waals surface area contributed by atoms with Gasteiger partial charge in [0, 0.05) is 17.2 Å². The fourth-order valence-electron chi connectivity index (χ4n) is 1.85. The highest BCUT2D eigenvalue weighted by molar-refractivity contribution is 7.11. The molecule has 106 valence electrons. The van der Waals surface area contributed by atoms with Crippen molar-refractivity contribution in [1.82, 2.24) is 10.3 Å². The Bertz CT molecular complexity index is 603. The first-order valence-electron chi connectivity index (χ1n) is 6.04. The van der Waals surface area contributed by atoms with Gasteiger partial charge in [-0.25, -0.2) is 9.78 Å². The first-order valence-corrected chi connectivity index (χ1v) is 8.18. The van der Waals surface area contributed by atoms with Crippen molar-refractivity contribution in [2.45, 2.75) is 19.6 Å². The lowest BCUT2D eigenvalue weighted by molar-refractivity contribution is 0.112. The molecule has 3 rings (SSSR count). The van der Waals surface area contributed by atoms with E-state index in [2.05, 4.69) is 15.6 Å². The Kier molecular flexibility index (Phi) is 4.21. The minimum absolute atomic E-state index is 0.283. The predicted octanol–water partition coefficient (Wildman–Crippen LogP) is 3.25. The molecule has 1 aliphatic rings. The number of nitrogens with zero attached hydrogens (tertiary/aromatic N) is 1. The third kappa shape index (κ3) is 3.12. The average molecular weight is 330 g/mol. The summed E-state index contributed by atoms with van der Waals surface area (Å²) in [6, 6.07) is -0.283. The topological polar surface area (TPSA) is 63.2 Å². The Balaban J connectivity index is 1.55. The molecule has 3 heterocycles. The van der Waals surface area contributed by atoms with E-state index in [0.29, 0.717) is 23.9 Å². The summed E-state index contributed by atoms with van der Waals surface area (Å²) in [5, 5.41) is 10.5. The third-order valence-corrected chi connectivity index (χ3v) is 5.06. The van der Waals surface area contributed by atoms with Crippen molar-refractivity contribution in [3.8, 4) is 0 Å². The van der Waals surface area contributed by atoms with Crippen LogP contribution in [0.1, 0.15) is 15.6 Å². The number of urea groups is 1. The van der Waals surface area contributed by atoms with Crippen molar-refractivity contribution in [3.63, 3.8) is 0 Å². The van der Waals surface area contributed by atoms with Gasteiger partial charge in [-0.3, -0.25) is 0 Å². The van der Waals surface area contributed by atoms with Crippen LogP contribution in [-0.2, 0) is 24.3 Å². The quantitative estimate of drug-likeness (QED) is 0.908. The van der Waals surface area contributed by atoms with Crippen LogP contribution in [0.2, 0.25) is 5.02 Å². The Morgan fingerprint density at radius 1 is 1.50 bits per heavy atom. The number of carbonyl (C=O) groups is 1. The Morgan fingerprint density at radius 2 is 2.40 bits per heavy atom. The predicted molar refractivity (Wildman–Crippen MR) is 80.7 cm³/mol. The van der Waals surface area contributed by atoms with E-state index in [1.165, 1.54) is 11.3 Å². The number of ether oxygens (including phenoxy) is 1. The fourth-order valence-corrected chi connectivity index (χ4v) is 3.80. The zero-order valence-corrected chi connectivity index (χ0v) is 12.8. The Labute approximate surface area is 128 Å². The first kappa shape index (κ1) is 13.8. The molecule has 0 aromatic carbocycles. The number of amides is 2. The maximum atomic E-state index is 11.8. The van der Waals surface area contributed by atoms with Gasteiger partial charge in [0.1, 0.15) is 5.01 Å². The van der Waals surface area contributed by atoms with E-state index in [4.69, 9.17) is 16.3 Å². The molecule has 2 amide bonds. The van der Waals surface area contributed by atoms with Crippen LogP contribution in [0.3, 0.4) is 0 Å². The third-order valence-electron chi connectivity index (χ3n) is 2.80. The summed E-state index contributed by atoms with van der Waals surface area (Å²) in [7, 11) is 0. The van der Waals surface area contributed by atoms with Gasteiger partial charge in [-0.15, -0.1) is 22.7 Å². The van der Waals surface area contributed by atoms with Crippen LogP contribution in [0.5, 0.6) is 0 Å². The lowest BCUT2D eigenvalue weighted by Crippen LogP contribution is -2.28. The van der Waals surface area contributed by atoms with Gasteiger partial charge in [0.25, 0.3) is 0 Å². The van der Waals surface area contributed by atoms with E-state index in [-0.39, 0.29) is 6.03 Å². The second-order valence-electron chi connectivity index (χ2n) is 4.22. The SMILES string of the molecule is O=C(NCc1nc2c(s1)COCC2)Nc1cscc1Cl. The highest BCUT2D eigenvalue weighted by Gasteiger charge is 2.15. The molecule has 5 nitrogen and oxygen atoms in total. The molecule has 0 saturated carbocycles. The summed E-state index contributed by atoms with van der Waals surface area (Å²) >= 11 is 8.94. The number of fused-ring (bicyclic) bond motifs is 1. The molecule has 0 fully saturated rings. The number of hydrogen-bond acceptors (Lipinski definition) is 5. The molecule has 0 aliphatic carbocycles. The summed E-state index contributed by atoms with van der Waals surface area (Å²) in [5.41, 5.74) is 1.72. The first-order chi connectivity index (χ1) is 9.72. The second kappa shape index (κ2) is 6.09. The zero-order valence-electron chi connectivity index (χ0n) is 10.4. The van der Waals surface area contributed by atoms with E-state index in [9.17, 15) is 4.79 Å². The number of hydrogen-bond donors (Lipinski definition) is 2. The Morgan fingerprint density at radius 3 is 3.15 bits per heavy atom. The van der Waals surface area contributed by atoms with E-state index in [1.807, 2.05) is 0 Å². The highest BCUT2D eigenvalue weighted by Crippen LogP contribution is 2.26. The van der Waals surface area contributed by atoms with Crippen LogP contribution < -0.4 is 10.6 Å². The monoisotopic (exact) mass is 329 g/mol. The molecule has 8 heteroatoms. The van der Waals surface area contributed by atoms with E-state index in [1.54, 1.807) is 22.1 Å². The number of thiophene rings is 1. The van der Waals surface area contributed by atoms with Crippen LogP contribution in [0.4, 0.5) is 10.5 Å². The van der Waals surface area contributed by atoms with Gasteiger partial charge in [0.05, 0.1) is 41.0 Å². The van der Waals surface area contributed by atoms with Gasteiger partial charge in [-0.05, 0) is 0 Å². The van der Waals surface area contributed by atoms with Crippen LogP contribution in [0, 0.1) is 0 Å². The molecule has 0 unspecified atom stereocenters.